The molecule has 0 aliphatic carbocycles. The Hall–Kier alpha value is -2.14. The van der Waals surface area contributed by atoms with Gasteiger partial charge in [0.1, 0.15) is 11.6 Å². The van der Waals surface area contributed by atoms with Crippen molar-refractivity contribution in [3.8, 4) is 11.4 Å². The number of benzene rings is 1. The summed E-state index contributed by atoms with van der Waals surface area (Å²) in [5, 5.41) is 15.5. The fraction of sp³-hybridized carbons (Fsp3) is 0.333. The zero-order valence-corrected chi connectivity index (χ0v) is 11.8. The van der Waals surface area contributed by atoms with Gasteiger partial charge in [-0.15, -0.1) is 0 Å². The first-order chi connectivity index (χ1) is 9.69. The van der Waals surface area contributed by atoms with Crippen molar-refractivity contribution >= 4 is 11.6 Å². The van der Waals surface area contributed by atoms with E-state index < -0.39 is 0 Å². The molecular weight excluding hydrogens is 252 g/mol. The molecule has 1 heterocycles. The van der Waals surface area contributed by atoms with Crippen LogP contribution in [-0.2, 0) is 0 Å². The Kier molecular flexibility index (Phi) is 4.90. The van der Waals surface area contributed by atoms with Gasteiger partial charge in [0.15, 0.2) is 5.82 Å². The molecule has 5 nitrogen and oxygen atoms in total. The van der Waals surface area contributed by atoms with E-state index in [-0.39, 0.29) is 6.10 Å². The maximum atomic E-state index is 9.28. The monoisotopic (exact) mass is 272 g/mol. The summed E-state index contributed by atoms with van der Waals surface area (Å²) in [7, 11) is 1.83. The zero-order valence-electron chi connectivity index (χ0n) is 11.8. The topological polar surface area (TPSA) is 70.1 Å². The third-order valence-electron chi connectivity index (χ3n) is 2.88. The zero-order chi connectivity index (χ0) is 14.4. The lowest BCUT2D eigenvalue weighted by molar-refractivity contribution is 0.188. The predicted molar refractivity (Wildman–Crippen MR) is 81.8 cm³/mol. The minimum Gasteiger partial charge on any atom is -0.393 e. The van der Waals surface area contributed by atoms with Gasteiger partial charge in [0.2, 0.25) is 0 Å². The van der Waals surface area contributed by atoms with E-state index >= 15 is 0 Å². The lowest BCUT2D eigenvalue weighted by Gasteiger charge is -2.10. The lowest BCUT2D eigenvalue weighted by atomic mass is 10.2. The number of hydrogen-bond donors (Lipinski definition) is 3. The molecule has 0 saturated carbocycles. The van der Waals surface area contributed by atoms with Crippen LogP contribution in [0.3, 0.4) is 0 Å². The van der Waals surface area contributed by atoms with Gasteiger partial charge in [-0.3, -0.25) is 0 Å². The van der Waals surface area contributed by atoms with E-state index in [1.54, 1.807) is 6.92 Å². The van der Waals surface area contributed by atoms with Gasteiger partial charge in [0.25, 0.3) is 0 Å². The quantitative estimate of drug-likeness (QED) is 0.753. The molecule has 0 bridgehead atoms. The average molecular weight is 272 g/mol. The van der Waals surface area contributed by atoms with E-state index in [1.807, 2.05) is 43.4 Å². The largest absolute Gasteiger partial charge is 0.393 e. The number of nitrogens with zero attached hydrogens (tertiary/aromatic N) is 2. The van der Waals surface area contributed by atoms with Crippen LogP contribution in [0.5, 0.6) is 0 Å². The van der Waals surface area contributed by atoms with E-state index in [0.717, 1.165) is 17.2 Å². The number of hydrogen-bond acceptors (Lipinski definition) is 5. The summed E-state index contributed by atoms with van der Waals surface area (Å²) in [5.74, 6) is 2.19. The summed E-state index contributed by atoms with van der Waals surface area (Å²) >= 11 is 0. The molecule has 1 aromatic heterocycles. The highest BCUT2D eigenvalue weighted by Gasteiger charge is 2.06. The van der Waals surface area contributed by atoms with Gasteiger partial charge in [-0.2, -0.15) is 0 Å². The fourth-order valence-corrected chi connectivity index (χ4v) is 1.79. The molecular formula is C15H20N4O. The summed E-state index contributed by atoms with van der Waals surface area (Å²) in [6, 6.07) is 11.7. The molecule has 0 spiro atoms. The number of rotatable bonds is 6. The van der Waals surface area contributed by atoms with Gasteiger partial charge in [0, 0.05) is 25.2 Å². The Morgan fingerprint density at radius 3 is 2.50 bits per heavy atom. The van der Waals surface area contributed by atoms with Gasteiger partial charge < -0.3 is 15.7 Å². The summed E-state index contributed by atoms with van der Waals surface area (Å²) < 4.78 is 0. The minimum absolute atomic E-state index is 0.318. The number of aromatic nitrogens is 2. The van der Waals surface area contributed by atoms with E-state index in [1.165, 1.54) is 0 Å². The molecule has 0 saturated heterocycles. The van der Waals surface area contributed by atoms with Crippen LogP contribution in [-0.4, -0.2) is 34.8 Å². The number of aliphatic hydroxyl groups is 1. The normalized spacial score (nSPS) is 11.9. The Balaban J connectivity index is 2.20. The first-order valence-electron chi connectivity index (χ1n) is 6.73. The molecule has 106 valence electrons. The smallest absolute Gasteiger partial charge is 0.163 e. The van der Waals surface area contributed by atoms with Crippen LogP contribution >= 0.6 is 0 Å². The summed E-state index contributed by atoms with van der Waals surface area (Å²) in [4.78, 5) is 8.96. The average Bonchev–Trinajstić information content (AvgIpc) is 2.47. The molecule has 5 heteroatoms. The molecule has 0 radical (unpaired) electrons. The predicted octanol–water partition coefficient (Wildman–Crippen LogP) is 2.37. The van der Waals surface area contributed by atoms with Crippen LogP contribution < -0.4 is 10.6 Å². The van der Waals surface area contributed by atoms with Gasteiger partial charge >= 0.3 is 0 Å². The van der Waals surface area contributed by atoms with Crippen molar-refractivity contribution in [2.75, 3.05) is 24.2 Å². The standard InChI is InChI=1S/C15H20N4O/c1-11(20)8-9-17-14-10-13(16-2)18-15(19-14)12-6-4-3-5-7-12/h3-7,10-11,20H,8-9H2,1-2H3,(H2,16,17,18,19). The van der Waals surface area contributed by atoms with Crippen molar-refractivity contribution in [2.45, 2.75) is 19.4 Å². The summed E-state index contributed by atoms with van der Waals surface area (Å²) in [6.07, 6.45) is 0.362. The van der Waals surface area contributed by atoms with Crippen molar-refractivity contribution in [1.29, 1.82) is 0 Å². The van der Waals surface area contributed by atoms with Crippen LogP contribution in [0.1, 0.15) is 13.3 Å². The molecule has 2 rings (SSSR count). The van der Waals surface area contributed by atoms with Crippen LogP contribution in [0, 0.1) is 0 Å². The molecule has 0 aliphatic heterocycles. The molecule has 0 fully saturated rings. The molecule has 3 N–H and O–H groups in total. The Labute approximate surface area is 119 Å². The van der Waals surface area contributed by atoms with Crippen LogP contribution in [0.4, 0.5) is 11.6 Å². The maximum Gasteiger partial charge on any atom is 0.163 e. The van der Waals surface area contributed by atoms with Crippen LogP contribution in [0.25, 0.3) is 11.4 Å². The Morgan fingerprint density at radius 2 is 1.85 bits per heavy atom. The first-order valence-corrected chi connectivity index (χ1v) is 6.73. The number of anilines is 2. The molecule has 2 aromatic rings. The van der Waals surface area contributed by atoms with Crippen molar-refractivity contribution < 1.29 is 5.11 Å². The van der Waals surface area contributed by atoms with Gasteiger partial charge in [-0.05, 0) is 13.3 Å². The highest BCUT2D eigenvalue weighted by Crippen LogP contribution is 2.19. The van der Waals surface area contributed by atoms with Gasteiger partial charge in [-0.1, -0.05) is 30.3 Å². The Bertz CT molecular complexity index is 543. The van der Waals surface area contributed by atoms with E-state index in [9.17, 15) is 5.11 Å². The van der Waals surface area contributed by atoms with Crippen LogP contribution in [0.15, 0.2) is 36.4 Å². The minimum atomic E-state index is -0.318. The number of nitrogens with one attached hydrogen (secondary N) is 2. The lowest BCUT2D eigenvalue weighted by Crippen LogP contribution is -2.11. The second-order valence-corrected chi connectivity index (χ2v) is 4.64. The summed E-state index contributed by atoms with van der Waals surface area (Å²) in [5.41, 5.74) is 0.975. The highest BCUT2D eigenvalue weighted by atomic mass is 16.3. The molecule has 20 heavy (non-hydrogen) atoms. The highest BCUT2D eigenvalue weighted by molar-refractivity contribution is 5.61. The first kappa shape index (κ1) is 14.3. The molecule has 1 atom stereocenters. The third kappa shape index (κ3) is 3.93. The molecule has 1 unspecified atom stereocenters. The van der Waals surface area contributed by atoms with Crippen molar-refractivity contribution in [3.05, 3.63) is 36.4 Å². The molecule has 0 aliphatic rings. The second-order valence-electron chi connectivity index (χ2n) is 4.64. The van der Waals surface area contributed by atoms with Crippen molar-refractivity contribution in [1.82, 2.24) is 9.97 Å². The van der Waals surface area contributed by atoms with Crippen molar-refractivity contribution in [3.63, 3.8) is 0 Å². The van der Waals surface area contributed by atoms with Gasteiger partial charge in [-0.25, -0.2) is 9.97 Å². The van der Waals surface area contributed by atoms with Crippen molar-refractivity contribution in [2.24, 2.45) is 0 Å². The third-order valence-corrected chi connectivity index (χ3v) is 2.88. The molecule has 1 aromatic carbocycles. The van der Waals surface area contributed by atoms with E-state index in [0.29, 0.717) is 18.8 Å². The fourth-order valence-electron chi connectivity index (χ4n) is 1.79. The van der Waals surface area contributed by atoms with Gasteiger partial charge in [0.05, 0.1) is 6.10 Å². The summed E-state index contributed by atoms with van der Waals surface area (Å²) in [6.45, 7) is 2.45. The second kappa shape index (κ2) is 6.86. The van der Waals surface area contributed by atoms with E-state index in [4.69, 9.17) is 0 Å². The van der Waals surface area contributed by atoms with E-state index in [2.05, 4.69) is 20.6 Å². The Morgan fingerprint density at radius 1 is 1.15 bits per heavy atom. The van der Waals surface area contributed by atoms with Crippen LogP contribution in [0.2, 0.25) is 0 Å². The molecule has 0 amide bonds. The SMILES string of the molecule is CNc1cc(NCCC(C)O)nc(-c2ccccc2)n1. The number of aliphatic hydroxyl groups excluding tert-OH is 1. The maximum absolute atomic E-state index is 9.28.